The maximum Gasteiger partial charge on any atom is 0.170 e. The standard InChI is InChI=1S/C12H14O2/c1-8-4-5-10-11(7-8)9(12(10)14)3-2-6-13/h4-5,7,9,13H,2-3,6H2,1H3. The lowest BCUT2D eigenvalue weighted by atomic mass is 9.73. The number of aryl methyl sites for hydroxylation is 1. The molecule has 0 amide bonds. The molecule has 2 heteroatoms. The van der Waals surface area contributed by atoms with Crippen molar-refractivity contribution in [2.45, 2.75) is 25.7 Å². The number of Topliss-reactive ketones (excluding diaryl/α,β-unsaturated/α-hetero) is 1. The summed E-state index contributed by atoms with van der Waals surface area (Å²) in [5, 5.41) is 8.71. The van der Waals surface area contributed by atoms with E-state index in [1.54, 1.807) is 0 Å². The zero-order valence-corrected chi connectivity index (χ0v) is 8.29. The summed E-state index contributed by atoms with van der Waals surface area (Å²) in [6.45, 7) is 2.21. The van der Waals surface area contributed by atoms with Crippen LogP contribution in [0, 0.1) is 6.92 Å². The van der Waals surface area contributed by atoms with Crippen molar-refractivity contribution in [2.24, 2.45) is 0 Å². The van der Waals surface area contributed by atoms with Gasteiger partial charge in [0.25, 0.3) is 0 Å². The minimum Gasteiger partial charge on any atom is -0.396 e. The number of rotatable bonds is 3. The van der Waals surface area contributed by atoms with Crippen LogP contribution >= 0.6 is 0 Å². The first-order chi connectivity index (χ1) is 6.74. The Morgan fingerprint density at radius 1 is 1.43 bits per heavy atom. The third kappa shape index (κ3) is 1.36. The zero-order valence-electron chi connectivity index (χ0n) is 8.29. The molecule has 1 aromatic carbocycles. The van der Waals surface area contributed by atoms with E-state index < -0.39 is 0 Å². The number of hydrogen-bond donors (Lipinski definition) is 1. The third-order valence-corrected chi connectivity index (χ3v) is 2.82. The van der Waals surface area contributed by atoms with Crippen LogP contribution in [-0.2, 0) is 0 Å². The van der Waals surface area contributed by atoms with Gasteiger partial charge in [-0.25, -0.2) is 0 Å². The number of aliphatic hydroxyl groups excluding tert-OH is 1. The van der Waals surface area contributed by atoms with Crippen molar-refractivity contribution >= 4 is 5.78 Å². The van der Waals surface area contributed by atoms with Crippen molar-refractivity contribution in [1.29, 1.82) is 0 Å². The fourth-order valence-corrected chi connectivity index (χ4v) is 2.03. The Bertz CT molecular complexity index is 369. The monoisotopic (exact) mass is 190 g/mol. The van der Waals surface area contributed by atoms with Gasteiger partial charge in [-0.3, -0.25) is 4.79 Å². The van der Waals surface area contributed by atoms with Crippen molar-refractivity contribution in [1.82, 2.24) is 0 Å². The average molecular weight is 190 g/mol. The summed E-state index contributed by atoms with van der Waals surface area (Å²) < 4.78 is 0. The molecule has 1 aliphatic carbocycles. The van der Waals surface area contributed by atoms with E-state index in [0.29, 0.717) is 6.42 Å². The summed E-state index contributed by atoms with van der Waals surface area (Å²) in [5.74, 6) is 0.297. The molecule has 1 unspecified atom stereocenters. The van der Waals surface area contributed by atoms with Crippen molar-refractivity contribution in [3.8, 4) is 0 Å². The number of fused-ring (bicyclic) bond motifs is 1. The minimum absolute atomic E-state index is 0.0528. The fraction of sp³-hybridized carbons (Fsp3) is 0.417. The lowest BCUT2D eigenvalue weighted by Gasteiger charge is -2.28. The second-order valence-electron chi connectivity index (χ2n) is 3.87. The molecule has 1 aliphatic rings. The first-order valence-corrected chi connectivity index (χ1v) is 4.99. The molecule has 1 N–H and O–H groups in total. The number of carbonyl (C=O) groups excluding carboxylic acids is 1. The van der Waals surface area contributed by atoms with Crippen LogP contribution in [-0.4, -0.2) is 17.5 Å². The predicted octanol–water partition coefficient (Wildman–Crippen LogP) is 2.05. The highest BCUT2D eigenvalue weighted by molar-refractivity contribution is 6.10. The molecule has 0 heterocycles. The molecule has 0 spiro atoms. The van der Waals surface area contributed by atoms with Crippen LogP contribution in [0.3, 0.4) is 0 Å². The van der Waals surface area contributed by atoms with E-state index >= 15 is 0 Å². The van der Waals surface area contributed by atoms with Gasteiger partial charge >= 0.3 is 0 Å². The van der Waals surface area contributed by atoms with Gasteiger partial charge in [-0.15, -0.1) is 0 Å². The van der Waals surface area contributed by atoms with Crippen LogP contribution < -0.4 is 0 Å². The van der Waals surface area contributed by atoms with Crippen molar-refractivity contribution < 1.29 is 9.90 Å². The SMILES string of the molecule is Cc1ccc2c(c1)C(CCCO)C2=O. The maximum atomic E-state index is 11.6. The maximum absolute atomic E-state index is 11.6. The van der Waals surface area contributed by atoms with Gasteiger partial charge in [0.05, 0.1) is 0 Å². The quantitative estimate of drug-likeness (QED) is 0.792. The highest BCUT2D eigenvalue weighted by atomic mass is 16.2. The Hall–Kier alpha value is -1.15. The van der Waals surface area contributed by atoms with Crippen LogP contribution in [0.1, 0.15) is 40.2 Å². The van der Waals surface area contributed by atoms with E-state index in [4.69, 9.17) is 5.11 Å². The smallest absolute Gasteiger partial charge is 0.170 e. The second kappa shape index (κ2) is 3.54. The van der Waals surface area contributed by atoms with E-state index in [1.165, 1.54) is 11.1 Å². The van der Waals surface area contributed by atoms with Gasteiger partial charge < -0.3 is 5.11 Å². The number of carbonyl (C=O) groups is 1. The lowest BCUT2D eigenvalue weighted by Crippen LogP contribution is -2.26. The van der Waals surface area contributed by atoms with Gasteiger partial charge in [-0.05, 0) is 25.3 Å². The molecular formula is C12H14O2. The van der Waals surface area contributed by atoms with E-state index in [0.717, 1.165) is 12.0 Å². The van der Waals surface area contributed by atoms with Gasteiger partial charge in [0.15, 0.2) is 5.78 Å². The van der Waals surface area contributed by atoms with Crippen LogP contribution in [0.5, 0.6) is 0 Å². The van der Waals surface area contributed by atoms with E-state index in [9.17, 15) is 4.79 Å². The van der Waals surface area contributed by atoms with Gasteiger partial charge in [-0.2, -0.15) is 0 Å². The van der Waals surface area contributed by atoms with Gasteiger partial charge in [0.2, 0.25) is 0 Å². The van der Waals surface area contributed by atoms with Gasteiger partial charge in [-0.1, -0.05) is 23.8 Å². The lowest BCUT2D eigenvalue weighted by molar-refractivity contribution is 0.0917. The normalized spacial score (nSPS) is 19.0. The van der Waals surface area contributed by atoms with E-state index in [1.807, 2.05) is 19.1 Å². The van der Waals surface area contributed by atoms with Crippen molar-refractivity contribution in [3.63, 3.8) is 0 Å². The molecule has 74 valence electrons. The average Bonchev–Trinajstić information content (AvgIpc) is 2.18. The number of aliphatic hydroxyl groups is 1. The van der Waals surface area contributed by atoms with E-state index in [-0.39, 0.29) is 18.3 Å². The van der Waals surface area contributed by atoms with Crippen LogP contribution in [0.2, 0.25) is 0 Å². The first-order valence-electron chi connectivity index (χ1n) is 4.99. The summed E-state index contributed by atoms with van der Waals surface area (Å²) in [6, 6.07) is 5.96. The highest BCUT2D eigenvalue weighted by Crippen LogP contribution is 2.38. The molecule has 0 radical (unpaired) electrons. The molecule has 0 saturated heterocycles. The molecule has 0 saturated carbocycles. The number of ketones is 1. The Kier molecular flexibility index (Phi) is 2.38. The topological polar surface area (TPSA) is 37.3 Å². The molecule has 0 fully saturated rings. The summed E-state index contributed by atoms with van der Waals surface area (Å²) in [4.78, 5) is 11.6. The molecule has 1 aromatic rings. The summed E-state index contributed by atoms with van der Waals surface area (Å²) in [5.41, 5.74) is 3.24. The molecule has 2 rings (SSSR count). The Morgan fingerprint density at radius 3 is 2.93 bits per heavy atom. The highest BCUT2D eigenvalue weighted by Gasteiger charge is 2.34. The van der Waals surface area contributed by atoms with E-state index in [2.05, 4.69) is 6.07 Å². The Morgan fingerprint density at radius 2 is 2.21 bits per heavy atom. The Labute approximate surface area is 83.6 Å². The van der Waals surface area contributed by atoms with Crippen LogP contribution in [0.15, 0.2) is 18.2 Å². The molecule has 14 heavy (non-hydrogen) atoms. The molecule has 0 bridgehead atoms. The summed E-state index contributed by atoms with van der Waals surface area (Å²) in [6.07, 6.45) is 1.50. The molecular weight excluding hydrogens is 176 g/mol. The van der Waals surface area contributed by atoms with Crippen molar-refractivity contribution in [3.05, 3.63) is 34.9 Å². The molecule has 1 atom stereocenters. The number of benzene rings is 1. The number of hydrogen-bond acceptors (Lipinski definition) is 2. The van der Waals surface area contributed by atoms with Crippen LogP contribution in [0.4, 0.5) is 0 Å². The summed E-state index contributed by atoms with van der Waals surface area (Å²) >= 11 is 0. The third-order valence-electron chi connectivity index (χ3n) is 2.82. The zero-order chi connectivity index (χ0) is 10.1. The molecule has 0 aromatic heterocycles. The Balaban J connectivity index is 2.20. The minimum atomic E-state index is 0.0528. The largest absolute Gasteiger partial charge is 0.396 e. The predicted molar refractivity (Wildman–Crippen MR) is 54.6 cm³/mol. The van der Waals surface area contributed by atoms with Gasteiger partial charge in [0, 0.05) is 18.1 Å². The fourth-order valence-electron chi connectivity index (χ4n) is 2.03. The van der Waals surface area contributed by atoms with Crippen LogP contribution in [0.25, 0.3) is 0 Å². The first kappa shape index (κ1) is 9.41. The van der Waals surface area contributed by atoms with Crippen molar-refractivity contribution in [2.75, 3.05) is 6.61 Å². The second-order valence-corrected chi connectivity index (χ2v) is 3.87. The molecule has 2 nitrogen and oxygen atoms in total. The van der Waals surface area contributed by atoms with Gasteiger partial charge in [0.1, 0.15) is 0 Å². The summed E-state index contributed by atoms with van der Waals surface area (Å²) in [7, 11) is 0. The molecule has 0 aliphatic heterocycles.